The first kappa shape index (κ1) is 15.9. The van der Waals surface area contributed by atoms with Crippen LogP contribution in [0.15, 0.2) is 22.7 Å². The minimum Gasteiger partial charge on any atom is -0.325 e. The number of halogens is 1. The summed E-state index contributed by atoms with van der Waals surface area (Å²) in [7, 11) is 0. The highest BCUT2D eigenvalue weighted by Crippen LogP contribution is 2.31. The zero-order valence-corrected chi connectivity index (χ0v) is 13.2. The first-order chi connectivity index (χ1) is 9.89. The van der Waals surface area contributed by atoms with Crippen LogP contribution in [0.1, 0.15) is 38.5 Å². The number of amides is 1. The number of anilines is 1. The Morgan fingerprint density at radius 1 is 1.38 bits per heavy atom. The molecule has 7 heteroatoms. The van der Waals surface area contributed by atoms with Crippen LogP contribution in [0, 0.1) is 10.1 Å². The summed E-state index contributed by atoms with van der Waals surface area (Å²) in [4.78, 5) is 22.4. The van der Waals surface area contributed by atoms with E-state index in [-0.39, 0.29) is 18.0 Å². The SMILES string of the molecule is NC1(CC(=O)Nc2cc([N+](=O)[O-])ccc2Br)CCCCC1. The van der Waals surface area contributed by atoms with Gasteiger partial charge in [-0.05, 0) is 34.8 Å². The lowest BCUT2D eigenvalue weighted by Crippen LogP contribution is -2.44. The molecule has 0 atom stereocenters. The van der Waals surface area contributed by atoms with Gasteiger partial charge in [0.1, 0.15) is 0 Å². The van der Waals surface area contributed by atoms with E-state index in [0.717, 1.165) is 32.1 Å². The van der Waals surface area contributed by atoms with Crippen molar-refractivity contribution in [2.24, 2.45) is 5.73 Å². The van der Waals surface area contributed by atoms with E-state index in [1.54, 1.807) is 6.07 Å². The molecule has 1 aliphatic carbocycles. The minimum absolute atomic E-state index is 0.0615. The number of nitrogens with zero attached hydrogens (tertiary/aromatic N) is 1. The Morgan fingerprint density at radius 3 is 2.67 bits per heavy atom. The maximum Gasteiger partial charge on any atom is 0.271 e. The Morgan fingerprint density at radius 2 is 2.05 bits per heavy atom. The summed E-state index contributed by atoms with van der Waals surface area (Å²) in [6, 6.07) is 4.27. The molecule has 0 spiro atoms. The fourth-order valence-corrected chi connectivity index (χ4v) is 3.02. The molecule has 0 bridgehead atoms. The number of nitrogens with one attached hydrogen (secondary N) is 1. The van der Waals surface area contributed by atoms with E-state index in [0.29, 0.717) is 10.2 Å². The van der Waals surface area contributed by atoms with Crippen molar-refractivity contribution in [3.05, 3.63) is 32.8 Å². The third-order valence-corrected chi connectivity index (χ3v) is 4.49. The van der Waals surface area contributed by atoms with Gasteiger partial charge in [-0.2, -0.15) is 0 Å². The number of benzene rings is 1. The van der Waals surface area contributed by atoms with Gasteiger partial charge >= 0.3 is 0 Å². The van der Waals surface area contributed by atoms with E-state index < -0.39 is 10.5 Å². The summed E-state index contributed by atoms with van der Waals surface area (Å²) in [5.74, 6) is -0.208. The number of hydrogen-bond donors (Lipinski definition) is 2. The summed E-state index contributed by atoms with van der Waals surface area (Å²) >= 11 is 3.28. The van der Waals surface area contributed by atoms with Crippen LogP contribution in [0.4, 0.5) is 11.4 Å². The van der Waals surface area contributed by atoms with E-state index in [4.69, 9.17) is 5.73 Å². The van der Waals surface area contributed by atoms with Crippen LogP contribution in [-0.2, 0) is 4.79 Å². The number of hydrogen-bond acceptors (Lipinski definition) is 4. The Bertz CT molecular complexity index is 556. The van der Waals surface area contributed by atoms with Crippen molar-refractivity contribution in [3.63, 3.8) is 0 Å². The molecule has 0 aliphatic heterocycles. The normalized spacial score (nSPS) is 17.2. The summed E-state index contributed by atoms with van der Waals surface area (Å²) < 4.78 is 0.608. The second-order valence-electron chi connectivity index (χ2n) is 5.57. The minimum atomic E-state index is -0.492. The van der Waals surface area contributed by atoms with Gasteiger partial charge in [0.2, 0.25) is 5.91 Å². The van der Waals surface area contributed by atoms with Crippen molar-refractivity contribution < 1.29 is 9.72 Å². The van der Waals surface area contributed by atoms with Gasteiger partial charge in [-0.25, -0.2) is 0 Å². The third kappa shape index (κ3) is 4.25. The molecule has 0 unspecified atom stereocenters. The summed E-state index contributed by atoms with van der Waals surface area (Å²) in [5.41, 5.74) is 6.14. The third-order valence-electron chi connectivity index (χ3n) is 3.80. The number of carbonyl (C=O) groups is 1. The average Bonchev–Trinajstić information content (AvgIpc) is 2.41. The van der Waals surface area contributed by atoms with Gasteiger partial charge in [-0.15, -0.1) is 0 Å². The van der Waals surface area contributed by atoms with Crippen molar-refractivity contribution in [1.29, 1.82) is 0 Å². The molecule has 1 aromatic rings. The molecule has 21 heavy (non-hydrogen) atoms. The second kappa shape index (κ2) is 6.53. The molecule has 0 aromatic heterocycles. The summed E-state index contributed by atoms with van der Waals surface area (Å²) in [6.07, 6.45) is 5.18. The lowest BCUT2D eigenvalue weighted by atomic mass is 9.80. The standard InChI is InChI=1S/C14H18BrN3O3/c15-11-5-4-10(18(20)21)8-12(11)17-13(19)9-14(16)6-2-1-3-7-14/h4-5,8H,1-3,6-7,9,16H2,(H,17,19). The first-order valence-corrected chi connectivity index (χ1v) is 7.72. The molecule has 3 N–H and O–H groups in total. The van der Waals surface area contributed by atoms with Crippen LogP contribution in [0.3, 0.4) is 0 Å². The smallest absolute Gasteiger partial charge is 0.271 e. The lowest BCUT2D eigenvalue weighted by Gasteiger charge is -2.32. The lowest BCUT2D eigenvalue weighted by molar-refractivity contribution is -0.384. The zero-order valence-electron chi connectivity index (χ0n) is 11.6. The fourth-order valence-electron chi connectivity index (χ4n) is 2.67. The van der Waals surface area contributed by atoms with E-state index in [9.17, 15) is 14.9 Å². The predicted molar refractivity (Wildman–Crippen MR) is 84.0 cm³/mol. The van der Waals surface area contributed by atoms with E-state index in [2.05, 4.69) is 21.2 Å². The van der Waals surface area contributed by atoms with E-state index in [1.165, 1.54) is 12.1 Å². The molecule has 0 saturated heterocycles. The van der Waals surface area contributed by atoms with Crippen molar-refractivity contribution in [3.8, 4) is 0 Å². The molecular formula is C14H18BrN3O3. The molecule has 1 aliphatic rings. The Balaban J connectivity index is 2.05. The quantitative estimate of drug-likeness (QED) is 0.638. The summed E-state index contributed by atoms with van der Waals surface area (Å²) in [6.45, 7) is 0. The van der Waals surface area contributed by atoms with E-state index >= 15 is 0 Å². The Hall–Kier alpha value is -1.47. The number of nitrogens with two attached hydrogens (primary N) is 1. The monoisotopic (exact) mass is 355 g/mol. The molecule has 0 radical (unpaired) electrons. The Kier molecular flexibility index (Phi) is 4.95. The molecule has 0 heterocycles. The molecule has 1 aromatic carbocycles. The van der Waals surface area contributed by atoms with Gasteiger partial charge in [0.05, 0.1) is 10.6 Å². The molecule has 2 rings (SSSR count). The Labute approximate surface area is 131 Å². The van der Waals surface area contributed by atoms with Crippen LogP contribution in [0.5, 0.6) is 0 Å². The van der Waals surface area contributed by atoms with Crippen LogP contribution in [0.25, 0.3) is 0 Å². The zero-order chi connectivity index (χ0) is 15.5. The largest absolute Gasteiger partial charge is 0.325 e. The van der Waals surface area contributed by atoms with Gasteiger partial charge in [0.25, 0.3) is 5.69 Å². The fraction of sp³-hybridized carbons (Fsp3) is 0.500. The van der Waals surface area contributed by atoms with Gasteiger partial charge in [-0.1, -0.05) is 19.3 Å². The predicted octanol–water partition coefficient (Wildman–Crippen LogP) is 3.35. The van der Waals surface area contributed by atoms with E-state index in [1.807, 2.05) is 0 Å². The van der Waals surface area contributed by atoms with Gasteiger partial charge < -0.3 is 11.1 Å². The number of nitro benzene ring substituents is 1. The number of non-ortho nitro benzene ring substituents is 1. The molecule has 6 nitrogen and oxygen atoms in total. The summed E-state index contributed by atoms with van der Waals surface area (Å²) in [5, 5.41) is 13.5. The second-order valence-corrected chi connectivity index (χ2v) is 6.42. The maximum atomic E-state index is 12.1. The number of carbonyl (C=O) groups excluding carboxylic acids is 1. The van der Waals surface area contributed by atoms with Crippen molar-refractivity contribution in [2.75, 3.05) is 5.32 Å². The highest BCUT2D eigenvalue weighted by atomic mass is 79.9. The molecule has 1 amide bonds. The van der Waals surface area contributed by atoms with Crippen LogP contribution in [0.2, 0.25) is 0 Å². The molecular weight excluding hydrogens is 338 g/mol. The van der Waals surface area contributed by atoms with Crippen molar-refractivity contribution in [2.45, 2.75) is 44.1 Å². The van der Waals surface area contributed by atoms with Crippen LogP contribution in [-0.4, -0.2) is 16.4 Å². The number of nitro groups is 1. The number of rotatable bonds is 4. The van der Waals surface area contributed by atoms with Gasteiger partial charge in [-0.3, -0.25) is 14.9 Å². The highest BCUT2D eigenvalue weighted by Gasteiger charge is 2.30. The molecule has 1 fully saturated rings. The van der Waals surface area contributed by atoms with Gasteiger partial charge in [0.15, 0.2) is 0 Å². The van der Waals surface area contributed by atoms with Crippen LogP contribution < -0.4 is 11.1 Å². The average molecular weight is 356 g/mol. The molecule has 114 valence electrons. The first-order valence-electron chi connectivity index (χ1n) is 6.92. The topological polar surface area (TPSA) is 98.3 Å². The molecule has 1 saturated carbocycles. The van der Waals surface area contributed by atoms with Gasteiger partial charge in [0, 0.05) is 28.6 Å². The van der Waals surface area contributed by atoms with Crippen molar-refractivity contribution in [1.82, 2.24) is 0 Å². The maximum absolute atomic E-state index is 12.1. The van der Waals surface area contributed by atoms with Crippen molar-refractivity contribution >= 4 is 33.2 Å². The highest BCUT2D eigenvalue weighted by molar-refractivity contribution is 9.10. The van der Waals surface area contributed by atoms with Crippen LogP contribution >= 0.6 is 15.9 Å².